The molecule has 1 aromatic carbocycles. The molecule has 19 heavy (non-hydrogen) atoms. The first-order valence-corrected chi connectivity index (χ1v) is 7.16. The van der Waals surface area contributed by atoms with Crippen molar-refractivity contribution in [2.45, 2.75) is 25.9 Å². The van der Waals surface area contributed by atoms with Crippen LogP contribution in [-0.2, 0) is 0 Å². The molecule has 0 bridgehead atoms. The third-order valence-electron chi connectivity index (χ3n) is 3.11. The molecule has 2 unspecified atom stereocenters. The second-order valence-electron chi connectivity index (χ2n) is 4.60. The van der Waals surface area contributed by atoms with Crippen LogP contribution in [0.4, 0.5) is 0 Å². The highest BCUT2D eigenvalue weighted by Crippen LogP contribution is 2.27. The van der Waals surface area contributed by atoms with E-state index < -0.39 is 0 Å². The number of nitrogens with one attached hydrogen (secondary N) is 2. The van der Waals surface area contributed by atoms with Gasteiger partial charge in [0.05, 0.1) is 22.3 Å². The first kappa shape index (κ1) is 12.3. The Morgan fingerprint density at radius 1 is 1.21 bits per heavy atom. The monoisotopic (exact) mass is 272 g/mol. The lowest BCUT2D eigenvalue weighted by molar-refractivity contribution is 0.478. The van der Waals surface area contributed by atoms with E-state index >= 15 is 0 Å². The highest BCUT2D eigenvalue weighted by Gasteiger charge is 2.15. The van der Waals surface area contributed by atoms with Crippen molar-refractivity contribution >= 4 is 21.6 Å². The molecule has 0 radical (unpaired) electrons. The first-order valence-electron chi connectivity index (χ1n) is 6.35. The number of imidazole rings is 1. The van der Waals surface area contributed by atoms with Crippen molar-refractivity contribution in [3.8, 4) is 0 Å². The van der Waals surface area contributed by atoms with Gasteiger partial charge in [0.15, 0.2) is 0 Å². The van der Waals surface area contributed by atoms with Gasteiger partial charge in [-0.25, -0.2) is 9.97 Å². The number of hydrogen-bond donors (Lipinski definition) is 2. The van der Waals surface area contributed by atoms with Gasteiger partial charge in [-0.1, -0.05) is 12.1 Å². The van der Waals surface area contributed by atoms with E-state index in [4.69, 9.17) is 0 Å². The standard InChI is InChI=1S/C14H16N4S/c1-9(13-15-7-8-16-13)17-10(2)14-18-11-5-3-4-6-12(11)19-14/h3-10,17H,1-2H3,(H,15,16). The van der Waals surface area contributed by atoms with Gasteiger partial charge in [-0.2, -0.15) is 0 Å². The predicted molar refractivity (Wildman–Crippen MR) is 78.2 cm³/mol. The summed E-state index contributed by atoms with van der Waals surface area (Å²) >= 11 is 1.74. The van der Waals surface area contributed by atoms with E-state index in [-0.39, 0.29) is 12.1 Å². The topological polar surface area (TPSA) is 53.6 Å². The van der Waals surface area contributed by atoms with Crippen LogP contribution in [0.15, 0.2) is 36.7 Å². The Morgan fingerprint density at radius 3 is 2.79 bits per heavy atom. The Hall–Kier alpha value is -1.72. The number of H-pyrrole nitrogens is 1. The summed E-state index contributed by atoms with van der Waals surface area (Å²) in [7, 11) is 0. The van der Waals surface area contributed by atoms with Crippen molar-refractivity contribution in [3.63, 3.8) is 0 Å². The third kappa shape index (κ3) is 2.52. The molecule has 2 atom stereocenters. The molecule has 0 spiro atoms. The van der Waals surface area contributed by atoms with E-state index in [1.165, 1.54) is 4.70 Å². The Labute approximate surface area is 115 Å². The summed E-state index contributed by atoms with van der Waals surface area (Å²) in [6, 6.07) is 8.62. The Kier molecular flexibility index (Phi) is 3.31. The summed E-state index contributed by atoms with van der Waals surface area (Å²) in [6.07, 6.45) is 3.62. The lowest BCUT2D eigenvalue weighted by atomic mass is 10.2. The van der Waals surface area contributed by atoms with Crippen molar-refractivity contribution in [2.24, 2.45) is 0 Å². The fourth-order valence-corrected chi connectivity index (χ4v) is 3.09. The fraction of sp³-hybridized carbons (Fsp3) is 0.286. The molecule has 0 amide bonds. The Bertz CT molecular complexity index is 626. The van der Waals surface area contributed by atoms with Crippen LogP contribution < -0.4 is 5.32 Å². The van der Waals surface area contributed by atoms with E-state index in [1.54, 1.807) is 17.5 Å². The summed E-state index contributed by atoms with van der Waals surface area (Å²) in [5.41, 5.74) is 1.07. The van der Waals surface area contributed by atoms with Crippen LogP contribution in [0, 0.1) is 0 Å². The number of fused-ring (bicyclic) bond motifs is 1. The maximum absolute atomic E-state index is 4.67. The number of aromatic amines is 1. The normalized spacial score (nSPS) is 14.6. The molecule has 0 aliphatic heterocycles. The minimum Gasteiger partial charge on any atom is -0.347 e. The number of para-hydroxylation sites is 1. The fourth-order valence-electron chi connectivity index (χ4n) is 2.11. The molecule has 3 rings (SSSR count). The number of aromatic nitrogens is 3. The number of benzene rings is 1. The molecule has 2 heterocycles. The van der Waals surface area contributed by atoms with Crippen LogP contribution in [0.5, 0.6) is 0 Å². The predicted octanol–water partition coefficient (Wildman–Crippen LogP) is 3.43. The van der Waals surface area contributed by atoms with Crippen molar-refractivity contribution in [2.75, 3.05) is 0 Å². The van der Waals surface area contributed by atoms with E-state index in [9.17, 15) is 0 Å². The Balaban J connectivity index is 1.78. The molecule has 0 saturated heterocycles. The van der Waals surface area contributed by atoms with E-state index in [1.807, 2.05) is 18.3 Å². The molecule has 0 aliphatic rings. The average molecular weight is 272 g/mol. The third-order valence-corrected chi connectivity index (χ3v) is 4.33. The molecule has 3 aromatic rings. The Morgan fingerprint density at radius 2 is 2.05 bits per heavy atom. The van der Waals surface area contributed by atoms with Crippen molar-refractivity contribution in [1.82, 2.24) is 20.3 Å². The van der Waals surface area contributed by atoms with Gasteiger partial charge in [0.25, 0.3) is 0 Å². The van der Waals surface area contributed by atoms with Gasteiger partial charge < -0.3 is 4.98 Å². The van der Waals surface area contributed by atoms with Crippen LogP contribution in [-0.4, -0.2) is 15.0 Å². The van der Waals surface area contributed by atoms with Crippen LogP contribution >= 0.6 is 11.3 Å². The number of rotatable bonds is 4. The van der Waals surface area contributed by atoms with E-state index in [2.05, 4.69) is 46.2 Å². The maximum atomic E-state index is 4.67. The molecule has 4 nitrogen and oxygen atoms in total. The number of nitrogens with zero attached hydrogens (tertiary/aromatic N) is 2. The van der Waals surface area contributed by atoms with E-state index in [0.29, 0.717) is 0 Å². The van der Waals surface area contributed by atoms with Crippen molar-refractivity contribution < 1.29 is 0 Å². The molecule has 0 aliphatic carbocycles. The molecule has 0 saturated carbocycles. The smallest absolute Gasteiger partial charge is 0.122 e. The summed E-state index contributed by atoms with van der Waals surface area (Å²) < 4.78 is 1.23. The second kappa shape index (κ2) is 5.11. The highest BCUT2D eigenvalue weighted by molar-refractivity contribution is 7.18. The zero-order chi connectivity index (χ0) is 13.2. The minimum absolute atomic E-state index is 0.178. The molecule has 98 valence electrons. The summed E-state index contributed by atoms with van der Waals surface area (Å²) in [5, 5.41) is 4.62. The van der Waals surface area contributed by atoms with Gasteiger partial charge in [-0.15, -0.1) is 11.3 Å². The van der Waals surface area contributed by atoms with Gasteiger partial charge >= 0.3 is 0 Å². The molecular weight excluding hydrogens is 256 g/mol. The summed E-state index contributed by atoms with van der Waals surface area (Å²) in [4.78, 5) is 12.1. The average Bonchev–Trinajstić information content (AvgIpc) is 3.07. The molecule has 2 aromatic heterocycles. The number of thiazole rings is 1. The summed E-state index contributed by atoms with van der Waals surface area (Å²) in [6.45, 7) is 4.24. The van der Waals surface area contributed by atoms with Crippen LogP contribution in [0.2, 0.25) is 0 Å². The molecule has 5 heteroatoms. The zero-order valence-electron chi connectivity index (χ0n) is 10.9. The van der Waals surface area contributed by atoms with Crippen molar-refractivity contribution in [1.29, 1.82) is 0 Å². The van der Waals surface area contributed by atoms with Crippen LogP contribution in [0.3, 0.4) is 0 Å². The first-order chi connectivity index (χ1) is 9.24. The molecule has 2 N–H and O–H groups in total. The van der Waals surface area contributed by atoms with Gasteiger partial charge in [0.1, 0.15) is 10.8 Å². The lowest BCUT2D eigenvalue weighted by Crippen LogP contribution is -2.23. The minimum atomic E-state index is 0.178. The lowest BCUT2D eigenvalue weighted by Gasteiger charge is -2.16. The SMILES string of the molecule is CC(NC(C)c1nc2ccccc2s1)c1ncc[nH]1. The zero-order valence-corrected chi connectivity index (χ0v) is 11.7. The largest absolute Gasteiger partial charge is 0.347 e. The van der Waals surface area contributed by atoms with Crippen LogP contribution in [0.25, 0.3) is 10.2 Å². The second-order valence-corrected chi connectivity index (χ2v) is 5.67. The summed E-state index contributed by atoms with van der Waals surface area (Å²) in [5.74, 6) is 0.952. The van der Waals surface area contributed by atoms with E-state index in [0.717, 1.165) is 16.3 Å². The quantitative estimate of drug-likeness (QED) is 0.765. The van der Waals surface area contributed by atoms with Gasteiger partial charge in [-0.05, 0) is 26.0 Å². The van der Waals surface area contributed by atoms with Crippen LogP contribution in [0.1, 0.15) is 36.8 Å². The number of hydrogen-bond acceptors (Lipinski definition) is 4. The highest BCUT2D eigenvalue weighted by atomic mass is 32.1. The molecular formula is C14H16N4S. The maximum Gasteiger partial charge on any atom is 0.122 e. The van der Waals surface area contributed by atoms with Gasteiger partial charge in [-0.3, -0.25) is 5.32 Å². The van der Waals surface area contributed by atoms with Gasteiger partial charge in [0, 0.05) is 12.4 Å². The molecule has 0 fully saturated rings. The van der Waals surface area contributed by atoms with Gasteiger partial charge in [0.2, 0.25) is 0 Å². The van der Waals surface area contributed by atoms with Crippen molar-refractivity contribution in [3.05, 3.63) is 47.5 Å².